The number of thiazole rings is 1. The molecule has 1 aliphatic heterocycles. The van der Waals surface area contributed by atoms with Crippen molar-refractivity contribution in [2.45, 2.75) is 19.4 Å². The van der Waals surface area contributed by atoms with Crippen molar-refractivity contribution in [3.8, 4) is 0 Å². The Morgan fingerprint density at radius 2 is 2.44 bits per heavy atom. The van der Waals surface area contributed by atoms with E-state index in [0.717, 1.165) is 19.4 Å². The van der Waals surface area contributed by atoms with E-state index < -0.39 is 5.97 Å². The molecule has 98 valence electrons. The number of hydrogen-bond acceptors (Lipinski definition) is 5. The molecular formula is C11H14N2O4S. The lowest BCUT2D eigenvalue weighted by Gasteiger charge is -2.20. The zero-order valence-electron chi connectivity index (χ0n) is 9.72. The summed E-state index contributed by atoms with van der Waals surface area (Å²) in [6.07, 6.45) is 1.74. The van der Waals surface area contributed by atoms with Gasteiger partial charge in [-0.25, -0.2) is 9.78 Å². The Bertz CT molecular complexity index is 440. The van der Waals surface area contributed by atoms with Crippen molar-refractivity contribution in [2.24, 2.45) is 5.92 Å². The molecule has 0 unspecified atom stereocenters. The number of rotatable bonds is 4. The van der Waals surface area contributed by atoms with Crippen molar-refractivity contribution in [2.75, 3.05) is 13.2 Å². The second-order valence-corrected chi connectivity index (χ2v) is 5.01. The van der Waals surface area contributed by atoms with Gasteiger partial charge in [-0.05, 0) is 12.8 Å². The summed E-state index contributed by atoms with van der Waals surface area (Å²) in [5, 5.41) is 13.5. The number of ether oxygens (including phenoxy) is 1. The van der Waals surface area contributed by atoms with Crippen molar-refractivity contribution in [3.05, 3.63) is 16.1 Å². The predicted molar refractivity (Wildman–Crippen MR) is 64.5 cm³/mol. The third-order valence-corrected chi connectivity index (χ3v) is 3.56. The molecule has 1 aromatic rings. The molecule has 1 amide bonds. The second kappa shape index (κ2) is 5.92. The van der Waals surface area contributed by atoms with Crippen LogP contribution in [-0.2, 0) is 16.1 Å². The van der Waals surface area contributed by atoms with Crippen LogP contribution in [0.5, 0.6) is 0 Å². The fraction of sp³-hybridized carbons (Fsp3) is 0.545. The van der Waals surface area contributed by atoms with Crippen LogP contribution in [-0.4, -0.2) is 35.2 Å². The molecule has 1 atom stereocenters. The maximum atomic E-state index is 11.8. The lowest BCUT2D eigenvalue weighted by Crippen LogP contribution is -2.35. The topological polar surface area (TPSA) is 88.5 Å². The van der Waals surface area contributed by atoms with Crippen LogP contribution in [0.3, 0.4) is 0 Å². The van der Waals surface area contributed by atoms with Crippen molar-refractivity contribution in [1.82, 2.24) is 10.3 Å². The van der Waals surface area contributed by atoms with Crippen LogP contribution in [0.4, 0.5) is 0 Å². The lowest BCUT2D eigenvalue weighted by atomic mass is 10.0. The first kappa shape index (κ1) is 13.0. The average Bonchev–Trinajstić information content (AvgIpc) is 2.86. The molecule has 0 saturated carbocycles. The average molecular weight is 270 g/mol. The predicted octanol–water partition coefficient (Wildman–Crippen LogP) is 0.884. The van der Waals surface area contributed by atoms with Crippen LogP contribution in [0.1, 0.15) is 28.3 Å². The largest absolute Gasteiger partial charge is 0.476 e. The zero-order chi connectivity index (χ0) is 13.0. The normalized spacial score (nSPS) is 19.4. The molecule has 0 radical (unpaired) electrons. The number of nitrogens with zero attached hydrogens (tertiary/aromatic N) is 1. The van der Waals surface area contributed by atoms with Crippen LogP contribution in [0.15, 0.2) is 5.38 Å². The zero-order valence-corrected chi connectivity index (χ0v) is 10.5. The summed E-state index contributed by atoms with van der Waals surface area (Å²) in [4.78, 5) is 26.3. The standard InChI is InChI=1S/C11H14N2O4S/c14-10(7-2-1-3-17-5-7)12-4-9-13-8(6-18-9)11(15)16/h6-7H,1-5H2,(H,12,14)(H,15,16)/t7-/m1/s1. The fourth-order valence-electron chi connectivity index (χ4n) is 1.74. The maximum Gasteiger partial charge on any atom is 0.355 e. The first-order valence-corrected chi connectivity index (χ1v) is 6.58. The van der Waals surface area contributed by atoms with E-state index in [1.807, 2.05) is 0 Å². The number of carbonyl (C=O) groups excluding carboxylic acids is 1. The van der Waals surface area contributed by atoms with Crippen LogP contribution in [0, 0.1) is 5.92 Å². The summed E-state index contributed by atoms with van der Waals surface area (Å²) in [7, 11) is 0. The minimum Gasteiger partial charge on any atom is -0.476 e. The van der Waals surface area contributed by atoms with Gasteiger partial charge in [0.1, 0.15) is 5.01 Å². The minimum absolute atomic E-state index is 0.0187. The molecule has 2 N–H and O–H groups in total. The first-order chi connectivity index (χ1) is 8.66. The highest BCUT2D eigenvalue weighted by molar-refractivity contribution is 7.09. The third-order valence-electron chi connectivity index (χ3n) is 2.72. The van der Waals surface area contributed by atoms with Gasteiger partial charge in [0.2, 0.25) is 5.91 Å². The van der Waals surface area contributed by atoms with Gasteiger partial charge in [0.05, 0.1) is 19.1 Å². The fourth-order valence-corrected chi connectivity index (χ4v) is 2.45. The second-order valence-electron chi connectivity index (χ2n) is 4.06. The molecule has 2 heterocycles. The molecule has 7 heteroatoms. The number of carbonyl (C=O) groups is 2. The summed E-state index contributed by atoms with van der Waals surface area (Å²) in [5.74, 6) is -1.20. The van der Waals surface area contributed by atoms with E-state index in [1.54, 1.807) is 0 Å². The molecule has 2 rings (SSSR count). The van der Waals surface area contributed by atoms with Gasteiger partial charge in [0, 0.05) is 12.0 Å². The molecule has 1 aliphatic rings. The van der Waals surface area contributed by atoms with E-state index in [0.29, 0.717) is 11.6 Å². The summed E-state index contributed by atoms with van der Waals surface area (Å²) >= 11 is 1.23. The summed E-state index contributed by atoms with van der Waals surface area (Å²) in [6, 6.07) is 0. The van der Waals surface area contributed by atoms with E-state index in [2.05, 4.69) is 10.3 Å². The maximum absolute atomic E-state index is 11.8. The first-order valence-electron chi connectivity index (χ1n) is 5.70. The molecule has 1 fully saturated rings. The summed E-state index contributed by atoms with van der Waals surface area (Å²) < 4.78 is 5.24. The summed E-state index contributed by atoms with van der Waals surface area (Å²) in [6.45, 7) is 1.45. The lowest BCUT2D eigenvalue weighted by molar-refractivity contribution is -0.129. The number of aromatic nitrogens is 1. The Morgan fingerprint density at radius 1 is 1.61 bits per heavy atom. The number of amides is 1. The molecular weight excluding hydrogens is 256 g/mol. The van der Waals surface area contributed by atoms with Gasteiger partial charge in [-0.3, -0.25) is 4.79 Å². The third kappa shape index (κ3) is 3.27. The number of carboxylic acids is 1. The minimum atomic E-state index is -1.05. The Morgan fingerprint density at radius 3 is 3.06 bits per heavy atom. The molecule has 0 aliphatic carbocycles. The highest BCUT2D eigenvalue weighted by atomic mass is 32.1. The molecule has 0 bridgehead atoms. The van der Waals surface area contributed by atoms with E-state index in [1.165, 1.54) is 16.7 Å². The van der Waals surface area contributed by atoms with Crippen molar-refractivity contribution in [3.63, 3.8) is 0 Å². The monoisotopic (exact) mass is 270 g/mol. The molecule has 6 nitrogen and oxygen atoms in total. The highest BCUT2D eigenvalue weighted by Crippen LogP contribution is 2.14. The number of nitrogens with one attached hydrogen (secondary N) is 1. The van der Waals surface area contributed by atoms with E-state index in [9.17, 15) is 9.59 Å². The Hall–Kier alpha value is -1.47. The quantitative estimate of drug-likeness (QED) is 0.848. The SMILES string of the molecule is O=C(O)c1csc(CNC(=O)[C@@H]2CCCOC2)n1. The Kier molecular flexibility index (Phi) is 4.27. The highest BCUT2D eigenvalue weighted by Gasteiger charge is 2.21. The van der Waals surface area contributed by atoms with Crippen LogP contribution >= 0.6 is 11.3 Å². The van der Waals surface area contributed by atoms with Gasteiger partial charge in [-0.1, -0.05) is 0 Å². The molecule has 1 saturated heterocycles. The van der Waals surface area contributed by atoms with E-state index >= 15 is 0 Å². The summed E-state index contributed by atoms with van der Waals surface area (Å²) in [5.41, 5.74) is 0.0187. The number of aromatic carboxylic acids is 1. The number of hydrogen-bond donors (Lipinski definition) is 2. The smallest absolute Gasteiger partial charge is 0.355 e. The van der Waals surface area contributed by atoms with Crippen molar-refractivity contribution >= 4 is 23.2 Å². The van der Waals surface area contributed by atoms with Crippen LogP contribution in [0.25, 0.3) is 0 Å². The van der Waals surface area contributed by atoms with Gasteiger partial charge in [0.15, 0.2) is 5.69 Å². The van der Waals surface area contributed by atoms with Gasteiger partial charge in [-0.15, -0.1) is 11.3 Å². The molecule has 0 spiro atoms. The molecule has 18 heavy (non-hydrogen) atoms. The number of carboxylic acid groups (broad SMARTS) is 1. The van der Waals surface area contributed by atoms with E-state index in [4.69, 9.17) is 9.84 Å². The Balaban J connectivity index is 1.82. The van der Waals surface area contributed by atoms with Gasteiger partial charge < -0.3 is 15.2 Å². The van der Waals surface area contributed by atoms with Crippen molar-refractivity contribution in [1.29, 1.82) is 0 Å². The van der Waals surface area contributed by atoms with Gasteiger partial charge in [0.25, 0.3) is 0 Å². The van der Waals surface area contributed by atoms with Crippen LogP contribution < -0.4 is 5.32 Å². The van der Waals surface area contributed by atoms with E-state index in [-0.39, 0.29) is 24.1 Å². The molecule has 1 aromatic heterocycles. The van der Waals surface area contributed by atoms with Gasteiger partial charge >= 0.3 is 5.97 Å². The van der Waals surface area contributed by atoms with Gasteiger partial charge in [-0.2, -0.15) is 0 Å². The Labute approximate surface area is 108 Å². The van der Waals surface area contributed by atoms with Crippen molar-refractivity contribution < 1.29 is 19.4 Å². The van der Waals surface area contributed by atoms with Crippen LogP contribution in [0.2, 0.25) is 0 Å². The molecule has 0 aromatic carbocycles.